The molecule has 0 radical (unpaired) electrons. The van der Waals surface area contributed by atoms with Crippen LogP contribution in [-0.2, 0) is 9.59 Å². The van der Waals surface area contributed by atoms with E-state index in [0.717, 1.165) is 87.4 Å². The van der Waals surface area contributed by atoms with Crippen LogP contribution >= 0.6 is 11.6 Å². The maximum absolute atomic E-state index is 13.9. The van der Waals surface area contributed by atoms with Crippen LogP contribution in [0.3, 0.4) is 0 Å². The summed E-state index contributed by atoms with van der Waals surface area (Å²) in [6.07, 6.45) is 6.93. The lowest BCUT2D eigenvalue weighted by Crippen LogP contribution is -2.54. The molecule has 4 unspecified atom stereocenters. The number of nitrogens with zero attached hydrogens (tertiary/aromatic N) is 5. The van der Waals surface area contributed by atoms with Gasteiger partial charge in [-0.15, -0.1) is 0 Å². The van der Waals surface area contributed by atoms with Crippen LogP contribution in [0.15, 0.2) is 60.7 Å². The number of anilines is 1. The lowest BCUT2D eigenvalue weighted by molar-refractivity contribution is -0.136. The molecule has 0 spiro atoms. The second-order valence-electron chi connectivity index (χ2n) is 17.0. The van der Waals surface area contributed by atoms with Gasteiger partial charge >= 0.3 is 0 Å². The number of rotatable bonds is 10. The number of likely N-dealkylation sites (tertiary alicyclic amines) is 2. The van der Waals surface area contributed by atoms with Gasteiger partial charge in [-0.2, -0.15) is 5.26 Å². The van der Waals surface area contributed by atoms with Gasteiger partial charge < -0.3 is 19.4 Å². The summed E-state index contributed by atoms with van der Waals surface area (Å²) >= 11 is 6.21. The molecule has 1 N–H and O–H groups in total. The molecule has 59 heavy (non-hydrogen) atoms. The Balaban J connectivity index is 0.792. The van der Waals surface area contributed by atoms with E-state index in [-0.39, 0.29) is 42.8 Å². The number of nitrogens with one attached hydrogen (secondary N) is 1. The molecule has 8 rings (SSSR count). The Bertz CT molecular complexity index is 2170. The summed E-state index contributed by atoms with van der Waals surface area (Å²) in [6.45, 7) is 9.00. The fourth-order valence-corrected chi connectivity index (χ4v) is 10.1. The first-order valence-electron chi connectivity index (χ1n) is 21.1. The van der Waals surface area contributed by atoms with Crippen molar-refractivity contribution in [3.8, 4) is 11.8 Å². The van der Waals surface area contributed by atoms with E-state index < -0.39 is 23.8 Å². The average Bonchev–Trinajstić information content (AvgIpc) is 3.72. The fourth-order valence-electron chi connectivity index (χ4n) is 9.88. The highest BCUT2D eigenvalue weighted by atomic mass is 35.5. The molecule has 0 aliphatic carbocycles. The summed E-state index contributed by atoms with van der Waals surface area (Å²) in [4.78, 5) is 72.4. The van der Waals surface area contributed by atoms with Crippen LogP contribution in [0.25, 0.3) is 0 Å². The summed E-state index contributed by atoms with van der Waals surface area (Å²) in [7, 11) is 0. The lowest BCUT2D eigenvalue weighted by Gasteiger charge is -2.38. The third kappa shape index (κ3) is 8.46. The molecule has 5 amide bonds. The molecule has 5 heterocycles. The van der Waals surface area contributed by atoms with Gasteiger partial charge in [-0.05, 0) is 132 Å². The summed E-state index contributed by atoms with van der Waals surface area (Å²) in [6, 6.07) is 20.1. The predicted octanol–water partition coefficient (Wildman–Crippen LogP) is 6.56. The van der Waals surface area contributed by atoms with E-state index in [1.807, 2.05) is 30.0 Å². The first kappa shape index (κ1) is 40.5. The second kappa shape index (κ2) is 17.2. The van der Waals surface area contributed by atoms with Crippen molar-refractivity contribution in [2.45, 2.75) is 102 Å². The van der Waals surface area contributed by atoms with Crippen LogP contribution in [-0.4, -0.2) is 101 Å². The van der Waals surface area contributed by atoms with Crippen molar-refractivity contribution in [2.75, 3.05) is 37.6 Å². The number of piperidine rings is 3. The molecule has 5 aliphatic heterocycles. The monoisotopic (exact) mass is 818 g/mol. The van der Waals surface area contributed by atoms with Gasteiger partial charge in [0.2, 0.25) is 11.8 Å². The van der Waals surface area contributed by atoms with Gasteiger partial charge in [0, 0.05) is 61.9 Å². The summed E-state index contributed by atoms with van der Waals surface area (Å²) in [5.74, 6) is -0.225. The van der Waals surface area contributed by atoms with Crippen LogP contribution < -0.4 is 15.0 Å². The molecule has 13 heteroatoms. The van der Waals surface area contributed by atoms with E-state index in [1.165, 1.54) is 5.56 Å². The molecular formula is C46H51ClN6O6. The highest BCUT2D eigenvalue weighted by Gasteiger charge is 2.45. The Morgan fingerprint density at radius 3 is 2.31 bits per heavy atom. The first-order chi connectivity index (χ1) is 28.5. The third-order valence-corrected chi connectivity index (χ3v) is 13.5. The molecule has 0 saturated carbocycles. The third-order valence-electron chi connectivity index (χ3n) is 13.2. The average molecular weight is 819 g/mol. The van der Waals surface area contributed by atoms with E-state index >= 15 is 0 Å². The number of fused-ring (bicyclic) bond motifs is 1. The number of hydrogen-bond donors (Lipinski definition) is 1. The van der Waals surface area contributed by atoms with Crippen molar-refractivity contribution in [3.05, 3.63) is 93.5 Å². The van der Waals surface area contributed by atoms with Gasteiger partial charge in [0.05, 0.1) is 27.8 Å². The minimum Gasteiger partial charge on any atom is -0.491 e. The minimum atomic E-state index is -0.968. The molecule has 12 nitrogen and oxygen atoms in total. The number of amides is 5. The summed E-state index contributed by atoms with van der Waals surface area (Å²) in [5.41, 5.74) is 3.95. The molecule has 3 aromatic rings. The van der Waals surface area contributed by atoms with Gasteiger partial charge in [0.15, 0.2) is 0 Å². The van der Waals surface area contributed by atoms with Crippen LogP contribution in [0.5, 0.6) is 5.75 Å². The van der Waals surface area contributed by atoms with Crippen molar-refractivity contribution < 1.29 is 28.7 Å². The molecule has 3 aromatic carbocycles. The highest BCUT2D eigenvalue weighted by Crippen LogP contribution is 2.35. The summed E-state index contributed by atoms with van der Waals surface area (Å²) in [5, 5.41) is 11.8. The maximum atomic E-state index is 13.9. The van der Waals surface area contributed by atoms with Crippen LogP contribution in [0.1, 0.15) is 120 Å². The second-order valence-corrected chi connectivity index (χ2v) is 17.4. The molecule has 0 aromatic heterocycles. The number of carbonyl (C=O) groups excluding carboxylic acids is 5. The number of carbonyl (C=O) groups is 5. The van der Waals surface area contributed by atoms with Crippen LogP contribution in [0, 0.1) is 17.2 Å². The normalized spacial score (nSPS) is 23.6. The highest BCUT2D eigenvalue weighted by molar-refractivity contribution is 6.31. The Kier molecular flexibility index (Phi) is 11.8. The van der Waals surface area contributed by atoms with Crippen LogP contribution in [0.2, 0.25) is 5.02 Å². The Morgan fingerprint density at radius 2 is 1.61 bits per heavy atom. The summed E-state index contributed by atoms with van der Waals surface area (Å²) < 4.78 is 6.15. The van der Waals surface area contributed by atoms with Crippen molar-refractivity contribution in [1.29, 1.82) is 5.26 Å². The topological polar surface area (TPSA) is 143 Å². The van der Waals surface area contributed by atoms with E-state index in [0.29, 0.717) is 45.7 Å². The van der Waals surface area contributed by atoms with E-state index in [9.17, 15) is 29.2 Å². The lowest BCUT2D eigenvalue weighted by atomic mass is 9.88. The zero-order valence-corrected chi connectivity index (χ0v) is 34.5. The molecule has 0 bridgehead atoms. The minimum absolute atomic E-state index is 0.0669. The smallest absolute Gasteiger partial charge is 0.262 e. The molecule has 4 fully saturated rings. The first-order valence-corrected chi connectivity index (χ1v) is 21.5. The zero-order chi connectivity index (χ0) is 41.4. The predicted molar refractivity (Wildman–Crippen MR) is 222 cm³/mol. The van der Waals surface area contributed by atoms with Crippen molar-refractivity contribution in [3.63, 3.8) is 0 Å². The molecule has 308 valence electrons. The molecule has 4 atom stereocenters. The van der Waals surface area contributed by atoms with E-state index in [2.05, 4.69) is 40.2 Å². The van der Waals surface area contributed by atoms with Gasteiger partial charge in [-0.1, -0.05) is 23.7 Å². The van der Waals surface area contributed by atoms with Gasteiger partial charge in [0.25, 0.3) is 17.7 Å². The Morgan fingerprint density at radius 1 is 0.881 bits per heavy atom. The largest absolute Gasteiger partial charge is 0.491 e. The van der Waals surface area contributed by atoms with Gasteiger partial charge in [0.1, 0.15) is 17.9 Å². The van der Waals surface area contributed by atoms with Crippen molar-refractivity contribution >= 4 is 46.8 Å². The number of halogens is 1. The Hall–Kier alpha value is -5.25. The van der Waals surface area contributed by atoms with Crippen LogP contribution in [0.4, 0.5) is 5.69 Å². The molecular weight excluding hydrogens is 768 g/mol. The Labute approximate surface area is 350 Å². The van der Waals surface area contributed by atoms with Gasteiger partial charge in [-0.25, -0.2) is 0 Å². The van der Waals surface area contributed by atoms with Gasteiger partial charge in [-0.3, -0.25) is 34.2 Å². The molecule has 4 saturated heterocycles. The SMILES string of the molecule is CC(CC1CCC(C)N1C(=O)c1ccc(C2CCN(CC3CCN(c4ccc5c(c4)C(=O)N(C4CCC(=O)NC4=O)C5=O)CC3)CC2)cc1)Oc1ccc(C#N)c(Cl)c1. The molecule has 5 aliphatic rings. The van der Waals surface area contributed by atoms with Crippen molar-refractivity contribution in [1.82, 2.24) is 20.0 Å². The number of nitriles is 1. The zero-order valence-electron chi connectivity index (χ0n) is 33.7. The fraction of sp³-hybridized carbons (Fsp3) is 0.478. The number of hydrogen-bond acceptors (Lipinski definition) is 9. The maximum Gasteiger partial charge on any atom is 0.262 e. The quantitative estimate of drug-likeness (QED) is 0.225. The van der Waals surface area contributed by atoms with E-state index in [4.69, 9.17) is 16.3 Å². The standard InChI is InChI=1S/C46H51ClN6O6/c1-28-3-9-36(23-29(2)59-37-11-8-34(26-48)40(47)25-37)52(28)44(56)33-6-4-31(5-7-33)32-17-19-50(20-18-32)27-30-15-21-51(22-16-30)35-10-12-38-39(24-35)46(58)53(45(38)57)41-13-14-42(54)49-43(41)55/h4-8,10-12,24-25,28-30,32,36,41H,3,9,13-23,27H2,1-2H3,(H,49,54,55). The number of imide groups is 2. The van der Waals surface area contributed by atoms with Crippen molar-refractivity contribution in [2.24, 2.45) is 5.92 Å². The number of benzene rings is 3. The number of ether oxygens (including phenoxy) is 1. The van der Waals surface area contributed by atoms with E-state index in [1.54, 1.807) is 30.3 Å².